The summed E-state index contributed by atoms with van der Waals surface area (Å²) >= 11 is 1.47. The lowest BCUT2D eigenvalue weighted by molar-refractivity contribution is -0.135. The summed E-state index contributed by atoms with van der Waals surface area (Å²) in [5.41, 5.74) is 2.14. The molecule has 0 aliphatic carbocycles. The maximum absolute atomic E-state index is 12.8. The molecule has 2 heterocycles. The molecule has 1 fully saturated rings. The van der Waals surface area contributed by atoms with Crippen molar-refractivity contribution in [3.8, 4) is 0 Å². The number of thiophene rings is 1. The van der Waals surface area contributed by atoms with Crippen molar-refractivity contribution in [2.45, 2.75) is 38.1 Å². The molecule has 0 unspecified atom stereocenters. The molecule has 2 aromatic rings. The normalized spacial score (nSPS) is 15.7. The summed E-state index contributed by atoms with van der Waals surface area (Å²) in [5, 5.41) is 23.5. The van der Waals surface area contributed by atoms with Crippen molar-refractivity contribution in [2.75, 3.05) is 19.7 Å². The molecule has 3 rings (SSSR count). The van der Waals surface area contributed by atoms with E-state index >= 15 is 0 Å². The van der Waals surface area contributed by atoms with Crippen molar-refractivity contribution in [3.63, 3.8) is 0 Å². The summed E-state index contributed by atoms with van der Waals surface area (Å²) in [7, 11) is 0. The monoisotopic (exact) mass is 433 g/mol. The average Bonchev–Trinajstić information content (AvgIpc) is 3.21. The fourth-order valence-corrected chi connectivity index (χ4v) is 4.79. The molecule has 30 heavy (non-hydrogen) atoms. The third-order valence-electron chi connectivity index (χ3n) is 5.58. The van der Waals surface area contributed by atoms with Gasteiger partial charge in [-0.05, 0) is 37.7 Å². The van der Waals surface area contributed by atoms with Crippen molar-refractivity contribution >= 4 is 39.1 Å². The van der Waals surface area contributed by atoms with Gasteiger partial charge in [-0.2, -0.15) is 0 Å². The first-order chi connectivity index (χ1) is 14.5. The number of aliphatic hydroxyl groups excluding tert-OH is 1. The minimum absolute atomic E-state index is 0.275. The van der Waals surface area contributed by atoms with Crippen LogP contribution in [-0.4, -0.2) is 58.7 Å². The Bertz CT molecular complexity index is 892. The fraction of sp³-hybridized carbons (Fsp3) is 0.476. The number of carbonyl (C=O) groups is 3. The summed E-state index contributed by atoms with van der Waals surface area (Å²) < 4.78 is 0.994. The maximum atomic E-state index is 12.8. The second kappa shape index (κ2) is 10.5. The average molecular weight is 434 g/mol. The van der Waals surface area contributed by atoms with Crippen molar-refractivity contribution in [1.82, 2.24) is 15.7 Å². The van der Waals surface area contributed by atoms with Gasteiger partial charge in [0.2, 0.25) is 11.8 Å². The molecule has 1 aliphatic rings. The van der Waals surface area contributed by atoms with Gasteiger partial charge in [-0.25, -0.2) is 5.48 Å². The van der Waals surface area contributed by atoms with E-state index in [2.05, 4.69) is 5.32 Å². The van der Waals surface area contributed by atoms with Gasteiger partial charge in [0.25, 0.3) is 5.91 Å². The number of hydrogen-bond donors (Lipinski definition) is 4. The highest BCUT2D eigenvalue weighted by Gasteiger charge is 2.29. The minimum atomic E-state index is -0.971. The molecule has 4 N–H and O–H groups in total. The molecular formula is C21H27N3O5S. The van der Waals surface area contributed by atoms with Crippen LogP contribution in [0.2, 0.25) is 0 Å². The largest absolute Gasteiger partial charge is 0.394 e. The van der Waals surface area contributed by atoms with E-state index in [0.29, 0.717) is 31.0 Å². The van der Waals surface area contributed by atoms with E-state index < -0.39 is 12.6 Å². The van der Waals surface area contributed by atoms with Gasteiger partial charge in [0.1, 0.15) is 6.04 Å². The molecule has 0 bridgehead atoms. The fourth-order valence-electron chi connectivity index (χ4n) is 3.84. The van der Waals surface area contributed by atoms with Crippen LogP contribution in [0.3, 0.4) is 0 Å². The maximum Gasteiger partial charge on any atom is 0.253 e. The van der Waals surface area contributed by atoms with Crippen molar-refractivity contribution in [2.24, 2.45) is 5.92 Å². The molecule has 0 saturated carbocycles. The summed E-state index contributed by atoms with van der Waals surface area (Å²) in [4.78, 5) is 38.3. The molecule has 1 aromatic heterocycles. The summed E-state index contributed by atoms with van der Waals surface area (Å²) in [6.45, 7) is 0.662. The second-order valence-electron chi connectivity index (χ2n) is 7.55. The van der Waals surface area contributed by atoms with Crippen LogP contribution in [-0.2, 0) is 9.59 Å². The molecule has 0 radical (unpaired) electrons. The van der Waals surface area contributed by atoms with Gasteiger partial charge < -0.3 is 15.3 Å². The number of hydroxylamine groups is 1. The van der Waals surface area contributed by atoms with Gasteiger partial charge >= 0.3 is 0 Å². The van der Waals surface area contributed by atoms with Crippen LogP contribution in [0.25, 0.3) is 10.1 Å². The van der Waals surface area contributed by atoms with Gasteiger partial charge in [-0.1, -0.05) is 18.2 Å². The number of rotatable bonds is 8. The quantitative estimate of drug-likeness (QED) is 0.375. The Morgan fingerprint density at radius 3 is 2.63 bits per heavy atom. The van der Waals surface area contributed by atoms with Gasteiger partial charge in [0.05, 0.1) is 12.2 Å². The SMILES string of the molecule is O=C(CCCC1CCN(C(=O)[C@H](CO)NC(=O)c2csc3ccccc23)CC1)NO. The molecule has 0 spiro atoms. The molecule has 3 amide bonds. The van der Waals surface area contributed by atoms with Crippen LogP contribution in [0.1, 0.15) is 42.5 Å². The first-order valence-electron chi connectivity index (χ1n) is 10.1. The zero-order chi connectivity index (χ0) is 21.5. The van der Waals surface area contributed by atoms with E-state index in [-0.39, 0.29) is 24.1 Å². The first-order valence-corrected chi connectivity index (χ1v) is 11.0. The van der Waals surface area contributed by atoms with Gasteiger partial charge in [-0.3, -0.25) is 19.6 Å². The highest BCUT2D eigenvalue weighted by molar-refractivity contribution is 7.17. The first kappa shape index (κ1) is 22.2. The van der Waals surface area contributed by atoms with Crippen LogP contribution in [0.15, 0.2) is 29.6 Å². The lowest BCUT2D eigenvalue weighted by atomic mass is 9.91. The number of amides is 3. The van der Waals surface area contributed by atoms with Crippen LogP contribution in [0, 0.1) is 5.92 Å². The predicted molar refractivity (Wildman–Crippen MR) is 113 cm³/mol. The Morgan fingerprint density at radius 2 is 1.93 bits per heavy atom. The van der Waals surface area contributed by atoms with E-state index in [4.69, 9.17) is 5.21 Å². The highest BCUT2D eigenvalue weighted by Crippen LogP contribution is 2.26. The summed E-state index contributed by atoms with van der Waals surface area (Å²) in [6, 6.07) is 6.60. The minimum Gasteiger partial charge on any atom is -0.394 e. The van der Waals surface area contributed by atoms with Crippen LogP contribution in [0.5, 0.6) is 0 Å². The second-order valence-corrected chi connectivity index (χ2v) is 8.46. The lowest BCUT2D eigenvalue weighted by Gasteiger charge is -2.34. The smallest absolute Gasteiger partial charge is 0.253 e. The summed E-state index contributed by atoms with van der Waals surface area (Å²) in [5.74, 6) is -0.609. The van der Waals surface area contributed by atoms with Crippen LogP contribution in [0.4, 0.5) is 0 Å². The van der Waals surface area contributed by atoms with Crippen LogP contribution < -0.4 is 10.8 Å². The van der Waals surface area contributed by atoms with Crippen molar-refractivity contribution in [1.29, 1.82) is 0 Å². The van der Waals surface area contributed by atoms with Crippen LogP contribution >= 0.6 is 11.3 Å². The third-order valence-corrected chi connectivity index (χ3v) is 6.54. The highest BCUT2D eigenvalue weighted by atomic mass is 32.1. The number of nitrogens with one attached hydrogen (secondary N) is 2. The molecule has 1 atom stereocenters. The number of aliphatic hydroxyl groups is 1. The van der Waals surface area contributed by atoms with E-state index in [9.17, 15) is 19.5 Å². The van der Waals surface area contributed by atoms with Crippen molar-refractivity contribution in [3.05, 3.63) is 35.2 Å². The van der Waals surface area contributed by atoms with Crippen molar-refractivity contribution < 1.29 is 24.7 Å². The molecule has 8 nitrogen and oxygen atoms in total. The number of nitrogens with zero attached hydrogens (tertiary/aromatic N) is 1. The number of likely N-dealkylation sites (tertiary alicyclic amines) is 1. The molecule has 1 aliphatic heterocycles. The van der Waals surface area contributed by atoms with Gasteiger partial charge in [-0.15, -0.1) is 11.3 Å². The molecular weight excluding hydrogens is 406 g/mol. The third kappa shape index (κ3) is 5.35. The standard InChI is InChI=1S/C21H27N3O5S/c25-12-17(22-20(27)16-13-30-18-6-2-1-5-15(16)18)21(28)24-10-8-14(9-11-24)4-3-7-19(26)23-29/h1-2,5-6,13-14,17,25,29H,3-4,7-12H2,(H,22,27)(H,23,26)/t17-/m0/s1. The Labute approximate surface area is 178 Å². The number of fused-ring (bicyclic) bond motifs is 1. The lowest BCUT2D eigenvalue weighted by Crippen LogP contribution is -2.52. The number of hydrogen-bond acceptors (Lipinski definition) is 6. The van der Waals surface area contributed by atoms with Gasteiger partial charge in [0.15, 0.2) is 0 Å². The zero-order valence-corrected chi connectivity index (χ0v) is 17.5. The molecule has 9 heteroatoms. The predicted octanol–water partition coefficient (Wildman–Crippen LogP) is 1.91. The van der Waals surface area contributed by atoms with E-state index in [1.807, 2.05) is 24.3 Å². The number of piperidine rings is 1. The molecule has 162 valence electrons. The zero-order valence-electron chi connectivity index (χ0n) is 16.7. The number of carbonyl (C=O) groups excluding carboxylic acids is 3. The Morgan fingerprint density at radius 1 is 1.20 bits per heavy atom. The van der Waals surface area contributed by atoms with E-state index in [0.717, 1.165) is 29.3 Å². The molecule has 1 saturated heterocycles. The van der Waals surface area contributed by atoms with Gasteiger partial charge in [0, 0.05) is 35.0 Å². The molecule has 1 aromatic carbocycles. The number of benzene rings is 1. The Hall–Kier alpha value is -2.49. The summed E-state index contributed by atoms with van der Waals surface area (Å²) in [6.07, 6.45) is 3.46. The Balaban J connectivity index is 1.51. The Kier molecular flexibility index (Phi) is 7.78. The van der Waals surface area contributed by atoms with E-state index in [1.54, 1.807) is 15.8 Å². The topological polar surface area (TPSA) is 119 Å². The van der Waals surface area contributed by atoms with E-state index in [1.165, 1.54) is 11.3 Å².